The Balaban J connectivity index is 1.86. The smallest absolute Gasteiger partial charge is 0.336 e. The van der Waals surface area contributed by atoms with Crippen LogP contribution in [0.3, 0.4) is 0 Å². The Bertz CT molecular complexity index is 750. The van der Waals surface area contributed by atoms with Crippen LogP contribution in [0.1, 0.15) is 5.56 Å². The fraction of sp³-hybridized carbons (Fsp3) is 0.438. The van der Waals surface area contributed by atoms with E-state index in [1.54, 1.807) is 6.07 Å². The summed E-state index contributed by atoms with van der Waals surface area (Å²) < 4.78 is 5.23. The largest absolute Gasteiger partial charge is 0.504 e. The van der Waals surface area contributed by atoms with Gasteiger partial charge in [0.2, 0.25) is 0 Å². The second kappa shape index (κ2) is 6.57. The quantitative estimate of drug-likeness (QED) is 0.551. The molecular formula is C16H20N2O5. The van der Waals surface area contributed by atoms with Crippen LogP contribution in [0, 0.1) is 0 Å². The minimum Gasteiger partial charge on any atom is -0.504 e. The highest BCUT2D eigenvalue weighted by Crippen LogP contribution is 2.36. The van der Waals surface area contributed by atoms with E-state index in [4.69, 9.17) is 9.52 Å². The lowest BCUT2D eigenvalue weighted by Crippen LogP contribution is -2.46. The van der Waals surface area contributed by atoms with Crippen molar-refractivity contribution in [3.8, 4) is 11.5 Å². The fourth-order valence-electron chi connectivity index (χ4n) is 2.94. The monoisotopic (exact) mass is 320 g/mol. The number of hydrogen-bond donors (Lipinski definition) is 3. The maximum atomic E-state index is 11.5. The predicted octanol–water partition coefficient (Wildman–Crippen LogP) is 0.314. The number of hydrogen-bond acceptors (Lipinski definition) is 7. The summed E-state index contributed by atoms with van der Waals surface area (Å²) in [5.41, 5.74) is 0.246. The number of aliphatic hydroxyl groups is 1. The normalized spacial score (nSPS) is 16.9. The number of aliphatic hydroxyl groups excluding tert-OH is 1. The van der Waals surface area contributed by atoms with Crippen LogP contribution in [-0.2, 0) is 6.54 Å². The Morgan fingerprint density at radius 1 is 1.09 bits per heavy atom. The van der Waals surface area contributed by atoms with Crippen molar-refractivity contribution in [2.75, 3.05) is 39.3 Å². The third kappa shape index (κ3) is 3.31. The molecule has 0 spiro atoms. The number of rotatable bonds is 4. The van der Waals surface area contributed by atoms with Crippen LogP contribution in [0.4, 0.5) is 0 Å². The highest BCUT2D eigenvalue weighted by atomic mass is 16.4. The van der Waals surface area contributed by atoms with E-state index in [0.29, 0.717) is 29.6 Å². The SMILES string of the molecule is O=c1ccc2cc(O)c(O)c(CN3CCN(CCO)CC3)c2o1. The van der Waals surface area contributed by atoms with Gasteiger partial charge in [0.25, 0.3) is 0 Å². The van der Waals surface area contributed by atoms with Gasteiger partial charge in [-0.25, -0.2) is 4.79 Å². The molecule has 1 aliphatic heterocycles. The predicted molar refractivity (Wildman–Crippen MR) is 84.6 cm³/mol. The topological polar surface area (TPSA) is 97.4 Å². The van der Waals surface area contributed by atoms with Crippen LogP contribution in [-0.4, -0.2) is 64.5 Å². The molecule has 23 heavy (non-hydrogen) atoms. The van der Waals surface area contributed by atoms with E-state index in [9.17, 15) is 15.0 Å². The summed E-state index contributed by atoms with van der Waals surface area (Å²) >= 11 is 0. The molecule has 7 nitrogen and oxygen atoms in total. The van der Waals surface area contributed by atoms with Crippen molar-refractivity contribution in [3.63, 3.8) is 0 Å². The van der Waals surface area contributed by atoms with Gasteiger partial charge >= 0.3 is 5.63 Å². The van der Waals surface area contributed by atoms with Crippen LogP contribution in [0.15, 0.2) is 27.4 Å². The number of benzene rings is 1. The van der Waals surface area contributed by atoms with Gasteiger partial charge in [-0.3, -0.25) is 9.80 Å². The highest BCUT2D eigenvalue weighted by molar-refractivity contribution is 5.84. The number of β-amino-alcohol motifs (C(OH)–C–C–N with tert-alkyl or cyclic N) is 1. The van der Waals surface area contributed by atoms with Crippen molar-refractivity contribution in [2.45, 2.75) is 6.54 Å². The maximum absolute atomic E-state index is 11.5. The summed E-state index contributed by atoms with van der Waals surface area (Å²) in [6, 6.07) is 4.25. The second-order valence-electron chi connectivity index (χ2n) is 5.74. The fourth-order valence-corrected chi connectivity index (χ4v) is 2.94. The summed E-state index contributed by atoms with van der Waals surface area (Å²) in [5, 5.41) is 29.6. The van der Waals surface area contributed by atoms with E-state index in [1.165, 1.54) is 12.1 Å². The van der Waals surface area contributed by atoms with E-state index in [-0.39, 0.29) is 18.1 Å². The molecule has 0 unspecified atom stereocenters. The van der Waals surface area contributed by atoms with Crippen LogP contribution in [0.5, 0.6) is 11.5 Å². The lowest BCUT2D eigenvalue weighted by atomic mass is 10.1. The van der Waals surface area contributed by atoms with Crippen molar-refractivity contribution < 1.29 is 19.7 Å². The third-order valence-electron chi connectivity index (χ3n) is 4.22. The molecule has 0 aliphatic carbocycles. The minimum absolute atomic E-state index is 0.142. The number of phenolic OH excluding ortho intramolecular Hbond substituents is 2. The van der Waals surface area contributed by atoms with Crippen LogP contribution >= 0.6 is 0 Å². The summed E-state index contributed by atoms with van der Waals surface area (Å²) in [5.74, 6) is -0.468. The van der Waals surface area contributed by atoms with E-state index in [0.717, 1.165) is 26.2 Å². The van der Waals surface area contributed by atoms with Crippen molar-refractivity contribution in [1.82, 2.24) is 9.80 Å². The van der Waals surface area contributed by atoms with Gasteiger partial charge in [-0.05, 0) is 12.1 Å². The first-order valence-corrected chi connectivity index (χ1v) is 7.61. The number of aromatic hydroxyl groups is 2. The molecule has 124 valence electrons. The van der Waals surface area contributed by atoms with Crippen molar-refractivity contribution >= 4 is 11.0 Å². The Hall–Kier alpha value is -2.09. The molecule has 0 radical (unpaired) electrons. The Morgan fingerprint density at radius 2 is 1.78 bits per heavy atom. The molecule has 1 aliphatic rings. The van der Waals surface area contributed by atoms with Crippen LogP contribution < -0.4 is 5.63 Å². The molecule has 2 heterocycles. The lowest BCUT2D eigenvalue weighted by Gasteiger charge is -2.34. The zero-order valence-electron chi connectivity index (χ0n) is 12.7. The summed E-state index contributed by atoms with van der Waals surface area (Å²) in [6.07, 6.45) is 0. The Labute approximate surface area is 133 Å². The van der Waals surface area contributed by atoms with Gasteiger partial charge in [0.15, 0.2) is 11.5 Å². The van der Waals surface area contributed by atoms with E-state index >= 15 is 0 Å². The van der Waals surface area contributed by atoms with Gasteiger partial charge in [0.1, 0.15) is 5.58 Å². The van der Waals surface area contributed by atoms with Gasteiger partial charge in [-0.15, -0.1) is 0 Å². The van der Waals surface area contributed by atoms with Crippen LogP contribution in [0.25, 0.3) is 11.0 Å². The van der Waals surface area contributed by atoms with Crippen molar-refractivity contribution in [1.29, 1.82) is 0 Å². The second-order valence-corrected chi connectivity index (χ2v) is 5.74. The van der Waals surface area contributed by atoms with E-state index < -0.39 is 5.63 Å². The first-order valence-electron chi connectivity index (χ1n) is 7.61. The lowest BCUT2D eigenvalue weighted by molar-refractivity contribution is 0.108. The zero-order valence-corrected chi connectivity index (χ0v) is 12.7. The highest BCUT2D eigenvalue weighted by Gasteiger charge is 2.21. The molecule has 0 amide bonds. The summed E-state index contributed by atoms with van der Waals surface area (Å²) in [7, 11) is 0. The molecule has 1 aromatic carbocycles. The molecule has 1 fully saturated rings. The van der Waals surface area contributed by atoms with Crippen LogP contribution in [0.2, 0.25) is 0 Å². The maximum Gasteiger partial charge on any atom is 0.336 e. The first kappa shape index (κ1) is 15.8. The molecule has 0 bridgehead atoms. The van der Waals surface area contributed by atoms with Gasteiger partial charge < -0.3 is 19.7 Å². The zero-order chi connectivity index (χ0) is 16.4. The van der Waals surface area contributed by atoms with Crippen molar-refractivity contribution in [2.24, 2.45) is 0 Å². The van der Waals surface area contributed by atoms with Crippen molar-refractivity contribution in [3.05, 3.63) is 34.2 Å². The average molecular weight is 320 g/mol. The average Bonchev–Trinajstić information content (AvgIpc) is 2.54. The summed E-state index contributed by atoms with van der Waals surface area (Å²) in [6.45, 7) is 4.37. The van der Waals surface area contributed by atoms with E-state index in [2.05, 4.69) is 9.80 Å². The Kier molecular flexibility index (Phi) is 4.51. The third-order valence-corrected chi connectivity index (χ3v) is 4.22. The molecular weight excluding hydrogens is 300 g/mol. The summed E-state index contributed by atoms with van der Waals surface area (Å²) in [4.78, 5) is 15.8. The molecule has 0 atom stereocenters. The van der Waals surface area contributed by atoms with Gasteiger partial charge in [0.05, 0.1) is 12.2 Å². The molecule has 3 N–H and O–H groups in total. The molecule has 1 aromatic heterocycles. The molecule has 1 saturated heterocycles. The molecule has 0 saturated carbocycles. The van der Waals surface area contributed by atoms with Gasteiger partial charge in [-0.1, -0.05) is 0 Å². The minimum atomic E-state index is -0.489. The molecule has 7 heteroatoms. The first-order chi connectivity index (χ1) is 11.1. The molecule has 2 aromatic rings. The number of phenols is 2. The number of fused-ring (bicyclic) bond motifs is 1. The standard InChI is InChI=1S/C16H20N2O5/c19-8-7-17-3-5-18(6-4-17)10-12-15(22)13(20)9-11-1-2-14(21)23-16(11)12/h1-2,9,19-20,22H,3-8,10H2. The van der Waals surface area contributed by atoms with Gasteiger partial charge in [-0.2, -0.15) is 0 Å². The number of piperazine rings is 1. The van der Waals surface area contributed by atoms with E-state index in [1.807, 2.05) is 0 Å². The molecule has 3 rings (SSSR count). The number of nitrogens with zero attached hydrogens (tertiary/aromatic N) is 2. The van der Waals surface area contributed by atoms with Gasteiger partial charge in [0, 0.05) is 50.7 Å². The Morgan fingerprint density at radius 3 is 2.48 bits per heavy atom.